The fourth-order valence-electron chi connectivity index (χ4n) is 2.66. The summed E-state index contributed by atoms with van der Waals surface area (Å²) in [7, 11) is 1.35. The molecule has 0 fully saturated rings. The van der Waals surface area contributed by atoms with Gasteiger partial charge >= 0.3 is 5.97 Å². The highest BCUT2D eigenvalue weighted by Crippen LogP contribution is 2.33. The van der Waals surface area contributed by atoms with Crippen molar-refractivity contribution in [3.63, 3.8) is 0 Å². The molecular weight excluding hydrogens is 334 g/mol. The lowest BCUT2D eigenvalue weighted by Crippen LogP contribution is -2.30. The number of anilines is 1. The second-order valence-electron chi connectivity index (χ2n) is 5.61. The molecule has 0 spiro atoms. The van der Waals surface area contributed by atoms with Crippen molar-refractivity contribution in [1.82, 2.24) is 0 Å². The first-order valence-electron chi connectivity index (χ1n) is 8.09. The molecule has 0 aliphatic carbocycles. The number of para-hydroxylation sites is 1. The third kappa shape index (κ3) is 4.12. The smallest absolute Gasteiger partial charge is 0.337 e. The lowest BCUT2D eigenvalue weighted by atomic mass is 10.1. The Bertz CT molecular complexity index is 799. The standard InChI is InChI=1S/C20H19NO3S/c1-24-20(23)16-10-7-15(8-11-16)9-12-19(22)21-13-4-14-25-18-6-3-2-5-17(18)21/h2-3,5-12H,4,13-14H2,1H3/b12-9+. The monoisotopic (exact) mass is 353 g/mol. The molecule has 4 nitrogen and oxygen atoms in total. The van der Waals surface area contributed by atoms with Crippen molar-refractivity contribution in [1.29, 1.82) is 0 Å². The average Bonchev–Trinajstić information content (AvgIpc) is 2.88. The highest BCUT2D eigenvalue weighted by atomic mass is 32.2. The van der Waals surface area contributed by atoms with E-state index >= 15 is 0 Å². The van der Waals surface area contributed by atoms with Crippen molar-refractivity contribution >= 4 is 35.4 Å². The Labute approximate surface area is 151 Å². The van der Waals surface area contributed by atoms with Gasteiger partial charge in [-0.1, -0.05) is 24.3 Å². The molecule has 0 unspecified atom stereocenters. The molecule has 25 heavy (non-hydrogen) atoms. The highest BCUT2D eigenvalue weighted by molar-refractivity contribution is 7.99. The van der Waals surface area contributed by atoms with Gasteiger partial charge in [0.1, 0.15) is 0 Å². The van der Waals surface area contributed by atoms with Gasteiger partial charge in [-0.2, -0.15) is 0 Å². The minimum Gasteiger partial charge on any atom is -0.465 e. The number of benzene rings is 2. The van der Waals surface area contributed by atoms with Crippen molar-refractivity contribution in [3.8, 4) is 0 Å². The normalized spacial score (nSPS) is 14.0. The summed E-state index contributed by atoms with van der Waals surface area (Å²) in [6.45, 7) is 0.717. The molecule has 0 aromatic heterocycles. The highest BCUT2D eigenvalue weighted by Gasteiger charge is 2.19. The molecule has 128 valence electrons. The lowest BCUT2D eigenvalue weighted by molar-refractivity contribution is -0.114. The van der Waals surface area contributed by atoms with Gasteiger partial charge < -0.3 is 9.64 Å². The first-order valence-corrected chi connectivity index (χ1v) is 9.07. The van der Waals surface area contributed by atoms with Crippen molar-refractivity contribution in [2.45, 2.75) is 11.3 Å². The van der Waals surface area contributed by atoms with Crippen LogP contribution in [0.3, 0.4) is 0 Å². The maximum atomic E-state index is 12.7. The van der Waals surface area contributed by atoms with Gasteiger partial charge in [-0.05, 0) is 48.1 Å². The first kappa shape index (κ1) is 17.3. The van der Waals surface area contributed by atoms with Crippen LogP contribution in [0.15, 0.2) is 59.5 Å². The van der Waals surface area contributed by atoms with Gasteiger partial charge in [-0.3, -0.25) is 4.79 Å². The largest absolute Gasteiger partial charge is 0.465 e. The van der Waals surface area contributed by atoms with E-state index in [4.69, 9.17) is 0 Å². The number of methoxy groups -OCH3 is 1. The van der Waals surface area contributed by atoms with E-state index in [1.807, 2.05) is 23.1 Å². The number of hydrogen-bond donors (Lipinski definition) is 0. The van der Waals surface area contributed by atoms with Crippen molar-refractivity contribution in [3.05, 3.63) is 65.7 Å². The van der Waals surface area contributed by atoms with Crippen LogP contribution in [0.2, 0.25) is 0 Å². The number of carbonyl (C=O) groups excluding carboxylic acids is 2. The number of ether oxygens (including phenoxy) is 1. The van der Waals surface area contributed by atoms with Crippen LogP contribution in [-0.4, -0.2) is 31.3 Å². The molecule has 0 atom stereocenters. The van der Waals surface area contributed by atoms with Crippen LogP contribution >= 0.6 is 11.8 Å². The van der Waals surface area contributed by atoms with Crippen LogP contribution in [0, 0.1) is 0 Å². The van der Waals surface area contributed by atoms with Crippen molar-refractivity contribution in [2.75, 3.05) is 24.3 Å². The second kappa shape index (κ2) is 8.03. The molecule has 0 bridgehead atoms. The molecule has 0 saturated carbocycles. The predicted octanol–water partition coefficient (Wildman–Crippen LogP) is 4.02. The average molecular weight is 353 g/mol. The Kier molecular flexibility index (Phi) is 5.56. The van der Waals surface area contributed by atoms with E-state index in [1.54, 1.807) is 48.2 Å². The molecule has 0 saturated heterocycles. The molecule has 1 aliphatic heterocycles. The third-order valence-corrected chi connectivity index (χ3v) is 5.10. The van der Waals surface area contributed by atoms with E-state index in [0.29, 0.717) is 12.1 Å². The molecule has 2 aromatic carbocycles. The molecule has 1 aliphatic rings. The number of rotatable bonds is 3. The van der Waals surface area contributed by atoms with Gasteiger partial charge in [0, 0.05) is 17.5 Å². The van der Waals surface area contributed by atoms with Crippen molar-refractivity contribution < 1.29 is 14.3 Å². The quantitative estimate of drug-likeness (QED) is 0.618. The summed E-state index contributed by atoms with van der Waals surface area (Å²) in [6.07, 6.45) is 4.32. The number of amides is 1. The molecule has 2 aromatic rings. The SMILES string of the molecule is COC(=O)c1ccc(/C=C/C(=O)N2CCCSc3ccccc32)cc1. The molecule has 0 radical (unpaired) electrons. The van der Waals surface area contributed by atoms with Crippen LogP contribution in [0.1, 0.15) is 22.3 Å². The van der Waals surface area contributed by atoms with Crippen molar-refractivity contribution in [2.24, 2.45) is 0 Å². The lowest BCUT2D eigenvalue weighted by Gasteiger charge is -2.20. The Hall–Kier alpha value is -2.53. The minimum absolute atomic E-state index is 0.0352. The van der Waals surface area contributed by atoms with Crippen LogP contribution in [0.25, 0.3) is 6.08 Å². The Morgan fingerprint density at radius 2 is 1.88 bits per heavy atom. The van der Waals surface area contributed by atoms with Gasteiger partial charge in [0.05, 0.1) is 18.4 Å². The van der Waals surface area contributed by atoms with Crippen LogP contribution in [-0.2, 0) is 9.53 Å². The van der Waals surface area contributed by atoms with Gasteiger partial charge in [0.25, 0.3) is 5.91 Å². The zero-order valence-corrected chi connectivity index (χ0v) is 14.8. The van der Waals surface area contributed by atoms with E-state index in [-0.39, 0.29) is 11.9 Å². The van der Waals surface area contributed by atoms with E-state index in [0.717, 1.165) is 28.3 Å². The van der Waals surface area contributed by atoms with Crippen LogP contribution < -0.4 is 4.90 Å². The molecule has 1 heterocycles. The number of nitrogens with zero attached hydrogens (tertiary/aromatic N) is 1. The summed E-state index contributed by atoms with van der Waals surface area (Å²) in [4.78, 5) is 27.1. The van der Waals surface area contributed by atoms with Gasteiger partial charge in [-0.15, -0.1) is 11.8 Å². The van der Waals surface area contributed by atoms with Crippen LogP contribution in [0.5, 0.6) is 0 Å². The van der Waals surface area contributed by atoms with Gasteiger partial charge in [-0.25, -0.2) is 4.79 Å². The molecule has 1 amide bonds. The minimum atomic E-state index is -0.370. The Morgan fingerprint density at radius 1 is 1.12 bits per heavy atom. The maximum Gasteiger partial charge on any atom is 0.337 e. The second-order valence-corrected chi connectivity index (χ2v) is 6.74. The number of esters is 1. The predicted molar refractivity (Wildman–Crippen MR) is 101 cm³/mol. The number of hydrogen-bond acceptors (Lipinski definition) is 4. The fourth-order valence-corrected chi connectivity index (χ4v) is 3.66. The summed E-state index contributed by atoms with van der Waals surface area (Å²) in [5.74, 6) is 0.608. The van der Waals surface area contributed by atoms with E-state index in [9.17, 15) is 9.59 Å². The molecule has 3 rings (SSSR count). The summed E-state index contributed by atoms with van der Waals surface area (Å²) < 4.78 is 4.68. The summed E-state index contributed by atoms with van der Waals surface area (Å²) in [6, 6.07) is 15.0. The fraction of sp³-hybridized carbons (Fsp3) is 0.200. The van der Waals surface area contributed by atoms with Crippen LogP contribution in [0.4, 0.5) is 5.69 Å². The Morgan fingerprint density at radius 3 is 2.64 bits per heavy atom. The number of fused-ring (bicyclic) bond motifs is 1. The maximum absolute atomic E-state index is 12.7. The Balaban J connectivity index is 1.75. The topological polar surface area (TPSA) is 46.6 Å². The molecular formula is C20H19NO3S. The molecule has 0 N–H and O–H groups in total. The summed E-state index contributed by atoms with van der Waals surface area (Å²) >= 11 is 1.79. The third-order valence-electron chi connectivity index (χ3n) is 3.96. The number of thioether (sulfide) groups is 1. The summed E-state index contributed by atoms with van der Waals surface area (Å²) in [5, 5.41) is 0. The zero-order valence-electron chi connectivity index (χ0n) is 14.0. The summed E-state index contributed by atoms with van der Waals surface area (Å²) in [5.41, 5.74) is 2.32. The van der Waals surface area contributed by atoms with Gasteiger partial charge in [0.15, 0.2) is 0 Å². The first-order chi connectivity index (χ1) is 12.2. The zero-order chi connectivity index (χ0) is 17.6. The van der Waals surface area contributed by atoms with E-state index in [1.165, 1.54) is 7.11 Å². The number of carbonyl (C=O) groups is 2. The molecule has 5 heteroatoms. The van der Waals surface area contributed by atoms with Gasteiger partial charge in [0.2, 0.25) is 0 Å². The van der Waals surface area contributed by atoms with E-state index in [2.05, 4.69) is 10.8 Å². The van der Waals surface area contributed by atoms with E-state index < -0.39 is 0 Å².